The highest BCUT2D eigenvalue weighted by molar-refractivity contribution is 6.00. The number of hydrogen-bond donors (Lipinski definition) is 5. The van der Waals surface area contributed by atoms with Crippen molar-refractivity contribution in [2.45, 2.75) is 96.2 Å². The maximum absolute atomic E-state index is 13.8. The summed E-state index contributed by atoms with van der Waals surface area (Å²) in [6.45, 7) is 4.21. The first-order chi connectivity index (χ1) is 23.0. The Kier molecular flexibility index (Phi) is 13.5. The summed E-state index contributed by atoms with van der Waals surface area (Å²) in [7, 11) is 1.75. The van der Waals surface area contributed by atoms with Crippen LogP contribution in [0.3, 0.4) is 0 Å². The molecule has 0 bridgehead atoms. The molecule has 1 fully saturated rings. The minimum Gasteiger partial charge on any atom is -0.487 e. The smallest absolute Gasteiger partial charge is 0.317 e. The molecule has 2 aliphatic rings. The van der Waals surface area contributed by atoms with Gasteiger partial charge in [-0.2, -0.15) is 0 Å². The third kappa shape index (κ3) is 10.3. The first-order valence-electron chi connectivity index (χ1n) is 17.2. The number of nitrogens with zero attached hydrogens (tertiary/aromatic N) is 2. The minimum atomic E-state index is -0.441. The first-order valence-corrected chi connectivity index (χ1v) is 17.2. The van der Waals surface area contributed by atoms with Crippen LogP contribution in [-0.4, -0.2) is 83.6 Å². The Morgan fingerprint density at radius 3 is 2.40 bits per heavy atom. The van der Waals surface area contributed by atoms with Crippen molar-refractivity contribution in [1.82, 2.24) is 15.1 Å². The highest BCUT2D eigenvalue weighted by Crippen LogP contribution is 2.31. The summed E-state index contributed by atoms with van der Waals surface area (Å²) in [6, 6.07) is 11.7. The number of carbonyl (C=O) groups excluding carboxylic acids is 4. The van der Waals surface area contributed by atoms with Gasteiger partial charge in [0.1, 0.15) is 11.9 Å². The Morgan fingerprint density at radius 2 is 1.71 bits per heavy atom. The molecule has 12 heteroatoms. The molecule has 1 aliphatic heterocycles. The third-order valence-corrected chi connectivity index (χ3v) is 9.22. The van der Waals surface area contributed by atoms with Crippen LogP contribution in [0.15, 0.2) is 42.5 Å². The van der Waals surface area contributed by atoms with Crippen LogP contribution in [0.2, 0.25) is 0 Å². The molecule has 1 aliphatic carbocycles. The quantitative estimate of drug-likeness (QED) is 0.149. The second-order valence-corrected chi connectivity index (χ2v) is 13.2. The highest BCUT2D eigenvalue weighted by atomic mass is 16.5. The largest absolute Gasteiger partial charge is 0.487 e. The summed E-state index contributed by atoms with van der Waals surface area (Å²) in [4.78, 5) is 55.1. The predicted octanol–water partition coefficient (Wildman–Crippen LogP) is 4.99. The summed E-state index contributed by atoms with van der Waals surface area (Å²) in [6.07, 6.45) is 7.52. The third-order valence-electron chi connectivity index (χ3n) is 9.22. The van der Waals surface area contributed by atoms with Crippen molar-refractivity contribution in [3.63, 3.8) is 0 Å². The first kappa shape index (κ1) is 36.5. The lowest BCUT2D eigenvalue weighted by molar-refractivity contribution is -0.116. The van der Waals surface area contributed by atoms with Crippen molar-refractivity contribution >= 4 is 40.8 Å². The van der Waals surface area contributed by atoms with Gasteiger partial charge < -0.3 is 41.3 Å². The van der Waals surface area contributed by atoms with Gasteiger partial charge in [0.25, 0.3) is 5.91 Å². The SMILES string of the molecule is C[C@H]1CN([C@@H](C)CO)C(=O)c2cc(NC(=O)CCCCCC(=O)Nc3ccccc3N)ccc2O[C@@H]1CN(C)C(=O)NC1CCCCC1. The number of nitrogens with two attached hydrogens (primary N) is 1. The van der Waals surface area contributed by atoms with Gasteiger partial charge in [0.05, 0.1) is 36.1 Å². The minimum absolute atomic E-state index is 0.124. The van der Waals surface area contributed by atoms with Crippen LogP contribution in [0.1, 0.15) is 88.4 Å². The van der Waals surface area contributed by atoms with E-state index in [1.54, 1.807) is 60.2 Å². The van der Waals surface area contributed by atoms with Gasteiger partial charge in [-0.05, 0) is 62.9 Å². The highest BCUT2D eigenvalue weighted by Gasteiger charge is 2.34. The number of aliphatic hydroxyl groups is 1. The van der Waals surface area contributed by atoms with Gasteiger partial charge in [-0.3, -0.25) is 14.4 Å². The number of hydrogen-bond acceptors (Lipinski definition) is 7. The molecule has 0 saturated heterocycles. The molecular formula is C36H52N6O6. The second kappa shape index (κ2) is 17.7. The Morgan fingerprint density at radius 1 is 1.02 bits per heavy atom. The summed E-state index contributed by atoms with van der Waals surface area (Å²) in [5.41, 5.74) is 7.72. The van der Waals surface area contributed by atoms with Gasteiger partial charge in [0.15, 0.2) is 0 Å². The standard InChI is InChI=1S/C36H52N6O6/c1-24-21-42(25(2)23-43)35(46)28-20-27(38-33(44)16-8-5-9-17-34(45)40-30-15-11-10-14-29(30)37)18-19-31(28)48-32(24)22-41(3)36(47)39-26-12-6-4-7-13-26/h10-11,14-15,18-20,24-26,32,43H,4-9,12-13,16-17,21-23,37H2,1-3H3,(H,38,44)(H,39,47)(H,40,45)/t24-,25-,32+/m0/s1. The normalized spacial score (nSPS) is 18.8. The van der Waals surface area contributed by atoms with Gasteiger partial charge in [-0.15, -0.1) is 0 Å². The van der Waals surface area contributed by atoms with Crippen LogP contribution in [0.4, 0.5) is 21.9 Å². The van der Waals surface area contributed by atoms with Crippen molar-refractivity contribution in [3.05, 3.63) is 48.0 Å². The van der Waals surface area contributed by atoms with E-state index in [2.05, 4.69) is 16.0 Å². The van der Waals surface area contributed by atoms with E-state index in [4.69, 9.17) is 10.5 Å². The van der Waals surface area contributed by atoms with Gasteiger partial charge in [0, 0.05) is 44.1 Å². The van der Waals surface area contributed by atoms with E-state index in [1.165, 1.54) is 6.42 Å². The number of nitrogen functional groups attached to an aromatic ring is 1. The molecule has 5 amide bonds. The summed E-state index contributed by atoms with van der Waals surface area (Å²) < 4.78 is 6.42. The Bertz CT molecular complexity index is 1410. The molecule has 0 unspecified atom stereocenters. The molecule has 0 aromatic heterocycles. The summed E-state index contributed by atoms with van der Waals surface area (Å²) in [5, 5.41) is 18.8. The van der Waals surface area contributed by atoms with E-state index >= 15 is 0 Å². The molecule has 6 N–H and O–H groups in total. The predicted molar refractivity (Wildman–Crippen MR) is 187 cm³/mol. The zero-order valence-corrected chi connectivity index (χ0v) is 28.5. The van der Waals surface area contributed by atoms with Crippen LogP contribution in [0, 0.1) is 5.92 Å². The Hall–Kier alpha value is -4.32. The fourth-order valence-corrected chi connectivity index (χ4v) is 6.20. The van der Waals surface area contributed by atoms with Crippen molar-refractivity contribution in [2.75, 3.05) is 43.1 Å². The molecule has 3 atom stereocenters. The zero-order valence-electron chi connectivity index (χ0n) is 28.5. The zero-order chi connectivity index (χ0) is 34.6. The summed E-state index contributed by atoms with van der Waals surface area (Å²) in [5.74, 6) is -0.398. The number of likely N-dealkylation sites (N-methyl/N-ethyl adjacent to an activating group) is 1. The van der Waals surface area contributed by atoms with Gasteiger partial charge in [-0.25, -0.2) is 4.79 Å². The number of para-hydroxylation sites is 2. The molecule has 262 valence electrons. The number of carbonyl (C=O) groups is 4. The molecule has 2 aromatic rings. The lowest BCUT2D eigenvalue weighted by Gasteiger charge is -2.38. The summed E-state index contributed by atoms with van der Waals surface area (Å²) >= 11 is 0. The lowest BCUT2D eigenvalue weighted by Crippen LogP contribution is -2.52. The van der Waals surface area contributed by atoms with E-state index in [1.807, 2.05) is 13.0 Å². The van der Waals surface area contributed by atoms with Gasteiger partial charge in [0.2, 0.25) is 11.8 Å². The molecule has 12 nitrogen and oxygen atoms in total. The average Bonchev–Trinajstić information content (AvgIpc) is 3.07. The number of ether oxygens (including phenoxy) is 1. The average molecular weight is 665 g/mol. The fourth-order valence-electron chi connectivity index (χ4n) is 6.20. The topological polar surface area (TPSA) is 166 Å². The number of anilines is 3. The fraction of sp³-hybridized carbons (Fsp3) is 0.556. The lowest BCUT2D eigenvalue weighted by atomic mass is 9.96. The van der Waals surface area contributed by atoms with E-state index in [-0.39, 0.29) is 54.3 Å². The maximum Gasteiger partial charge on any atom is 0.317 e. The number of benzene rings is 2. The van der Waals surface area contributed by atoms with Crippen molar-refractivity contribution in [3.8, 4) is 5.75 Å². The van der Waals surface area contributed by atoms with Gasteiger partial charge >= 0.3 is 6.03 Å². The number of unbranched alkanes of at least 4 members (excludes halogenated alkanes) is 2. The molecule has 48 heavy (non-hydrogen) atoms. The number of rotatable bonds is 13. The van der Waals surface area contributed by atoms with Crippen LogP contribution in [-0.2, 0) is 9.59 Å². The number of urea groups is 1. The van der Waals surface area contributed by atoms with Crippen molar-refractivity contribution in [1.29, 1.82) is 0 Å². The molecule has 4 rings (SSSR count). The van der Waals surface area contributed by atoms with Crippen LogP contribution >= 0.6 is 0 Å². The Balaban J connectivity index is 1.34. The van der Waals surface area contributed by atoms with E-state index in [0.29, 0.717) is 61.6 Å². The van der Waals surface area contributed by atoms with Crippen LogP contribution in [0.25, 0.3) is 0 Å². The van der Waals surface area contributed by atoms with E-state index in [0.717, 1.165) is 25.7 Å². The van der Waals surface area contributed by atoms with E-state index < -0.39 is 12.1 Å². The number of aliphatic hydroxyl groups excluding tert-OH is 1. The Labute approximate surface area is 283 Å². The second-order valence-electron chi connectivity index (χ2n) is 13.2. The molecule has 0 spiro atoms. The maximum atomic E-state index is 13.8. The molecule has 1 saturated carbocycles. The molecule has 0 radical (unpaired) electrons. The number of nitrogens with one attached hydrogen (secondary N) is 3. The van der Waals surface area contributed by atoms with Crippen LogP contribution < -0.4 is 26.4 Å². The van der Waals surface area contributed by atoms with Crippen LogP contribution in [0.5, 0.6) is 5.75 Å². The molecule has 2 aromatic carbocycles. The number of fused-ring (bicyclic) bond motifs is 1. The monoisotopic (exact) mass is 664 g/mol. The van der Waals surface area contributed by atoms with Gasteiger partial charge in [-0.1, -0.05) is 44.7 Å². The molecular weight excluding hydrogens is 612 g/mol. The number of amides is 5. The van der Waals surface area contributed by atoms with E-state index in [9.17, 15) is 24.3 Å². The van der Waals surface area contributed by atoms with Crippen molar-refractivity contribution in [2.24, 2.45) is 5.92 Å². The van der Waals surface area contributed by atoms with Crippen molar-refractivity contribution < 1.29 is 29.0 Å². The molecule has 1 heterocycles.